The van der Waals surface area contributed by atoms with Crippen molar-refractivity contribution in [3.05, 3.63) is 126 Å². The van der Waals surface area contributed by atoms with Crippen molar-refractivity contribution in [3.63, 3.8) is 0 Å². The van der Waals surface area contributed by atoms with Crippen molar-refractivity contribution in [2.75, 3.05) is 18.1 Å². The Kier molecular flexibility index (Phi) is 7.35. The maximum Gasteiger partial charge on any atom is 0.415 e. The number of halogens is 2. The molecule has 2 heterocycles. The molecule has 1 fully saturated rings. The summed E-state index contributed by atoms with van der Waals surface area (Å²) >= 11 is 0. The summed E-state index contributed by atoms with van der Waals surface area (Å²) in [6.07, 6.45) is -2.03. The Morgan fingerprint density at radius 2 is 1.54 bits per heavy atom. The minimum Gasteiger partial charge on any atom is -0.489 e. The molecule has 1 amide bonds. The molecule has 0 unspecified atom stereocenters. The van der Waals surface area contributed by atoms with Crippen LogP contribution < -0.4 is 9.64 Å². The Bertz CT molecular complexity index is 1540. The van der Waals surface area contributed by atoms with Gasteiger partial charge < -0.3 is 19.3 Å². The molecule has 0 aromatic heterocycles. The fraction of sp³-hybridized carbons (Fsp3) is 0.188. The average Bonchev–Trinajstić information content (AvgIpc) is 3.35. The van der Waals surface area contributed by atoms with Gasteiger partial charge in [-0.05, 0) is 59.7 Å². The summed E-state index contributed by atoms with van der Waals surface area (Å²) in [5, 5.41) is 10.6. The highest BCUT2D eigenvalue weighted by Gasteiger charge is 2.50. The standard InChI is InChI=1S/C32H26F2N2O5/c33-23-8-12-25(13-9-23)35-18-28(40-20-29(35)37)31-30(36(32(38)41-31)26-14-10-24(34)11-15-26)22-6-16-27(17-7-22)39-19-21-4-2-1-3-5-21/h1-17,28,30-31H,18-20H2/p+1/t28-,30-,31-/m1/s1. The highest BCUT2D eigenvalue weighted by atomic mass is 19.1. The highest BCUT2D eigenvalue weighted by molar-refractivity contribution is 5.91. The molecule has 208 valence electrons. The topological polar surface area (TPSA) is 71.2 Å². The Morgan fingerprint density at radius 1 is 0.878 bits per heavy atom. The van der Waals surface area contributed by atoms with E-state index in [0.29, 0.717) is 23.7 Å². The lowest BCUT2D eigenvalue weighted by Crippen LogP contribution is -2.46. The van der Waals surface area contributed by atoms with E-state index >= 15 is 0 Å². The summed E-state index contributed by atoms with van der Waals surface area (Å²) in [4.78, 5) is 14.8. The van der Waals surface area contributed by atoms with E-state index in [-0.39, 0.29) is 19.0 Å². The van der Waals surface area contributed by atoms with E-state index in [1.54, 1.807) is 16.7 Å². The third-order valence-corrected chi connectivity index (χ3v) is 7.20. The molecule has 6 rings (SSSR count). The molecule has 0 saturated carbocycles. The fourth-order valence-electron chi connectivity index (χ4n) is 5.16. The first-order valence-electron chi connectivity index (χ1n) is 13.2. The monoisotopic (exact) mass is 557 g/mol. The molecule has 41 heavy (non-hydrogen) atoms. The molecular formula is C32H27F2N2O5+. The number of amides is 1. The first-order chi connectivity index (χ1) is 20.0. The lowest BCUT2D eigenvalue weighted by Gasteiger charge is -2.30. The molecule has 4 aromatic rings. The number of cyclic esters (lactones) is 1. The van der Waals surface area contributed by atoms with E-state index in [2.05, 4.69) is 0 Å². The number of ether oxygens (including phenoxy) is 3. The number of nitrogens with zero attached hydrogens (tertiary/aromatic N) is 2. The second kappa shape index (κ2) is 11.4. The van der Waals surface area contributed by atoms with Crippen molar-refractivity contribution in [1.82, 2.24) is 0 Å². The summed E-state index contributed by atoms with van der Waals surface area (Å²) in [6, 6.07) is 27.9. The van der Waals surface area contributed by atoms with Gasteiger partial charge in [0.25, 0.3) is 0 Å². The molecule has 4 aromatic carbocycles. The number of aliphatic hydroxyl groups excluding tert-OH is 1. The summed E-state index contributed by atoms with van der Waals surface area (Å²) in [5.74, 6) is -0.201. The Balaban J connectivity index is 1.30. The van der Waals surface area contributed by atoms with Gasteiger partial charge in [-0.15, -0.1) is 0 Å². The third-order valence-electron chi connectivity index (χ3n) is 7.20. The van der Waals surface area contributed by atoms with E-state index in [1.165, 1.54) is 41.3 Å². The SMILES string of the molecule is O=C1O[C@H]([C@H]2C[N+](c3ccc(F)cc3)=C(O)CO2)[C@@H](c2ccc(OCc3ccccc3)cc2)N1c1ccc(F)cc1. The highest BCUT2D eigenvalue weighted by Crippen LogP contribution is 2.40. The second-order valence-corrected chi connectivity index (χ2v) is 9.84. The maximum absolute atomic E-state index is 13.7. The van der Waals surface area contributed by atoms with Crippen LogP contribution in [0.2, 0.25) is 0 Å². The minimum atomic E-state index is -0.778. The first kappa shape index (κ1) is 26.5. The number of hydrogen-bond acceptors (Lipinski definition) is 4. The van der Waals surface area contributed by atoms with Crippen molar-refractivity contribution < 1.29 is 37.5 Å². The quantitative estimate of drug-likeness (QED) is 0.270. The lowest BCUT2D eigenvalue weighted by atomic mass is 9.95. The van der Waals surface area contributed by atoms with Crippen LogP contribution in [0.5, 0.6) is 5.75 Å². The number of carbonyl (C=O) groups is 1. The van der Waals surface area contributed by atoms with Crippen LogP contribution in [-0.4, -0.2) is 47.0 Å². The Labute approximate surface area is 235 Å². The van der Waals surface area contributed by atoms with Crippen LogP contribution in [-0.2, 0) is 16.1 Å². The molecule has 7 nitrogen and oxygen atoms in total. The lowest BCUT2D eigenvalue weighted by molar-refractivity contribution is -0.479. The van der Waals surface area contributed by atoms with Gasteiger partial charge in [-0.1, -0.05) is 42.5 Å². The van der Waals surface area contributed by atoms with E-state index in [4.69, 9.17) is 14.2 Å². The molecule has 1 saturated heterocycles. The number of rotatable bonds is 7. The zero-order valence-corrected chi connectivity index (χ0v) is 21.9. The van der Waals surface area contributed by atoms with Crippen LogP contribution in [0.4, 0.5) is 25.0 Å². The van der Waals surface area contributed by atoms with Gasteiger partial charge >= 0.3 is 12.0 Å². The molecule has 1 N–H and O–H groups in total. The molecule has 0 radical (unpaired) electrons. The Morgan fingerprint density at radius 3 is 2.22 bits per heavy atom. The fourth-order valence-corrected chi connectivity index (χ4v) is 5.16. The zero-order chi connectivity index (χ0) is 28.3. The number of hydrogen-bond donors (Lipinski definition) is 1. The van der Waals surface area contributed by atoms with Gasteiger partial charge in [-0.2, -0.15) is 4.58 Å². The van der Waals surface area contributed by atoms with Crippen LogP contribution in [0.15, 0.2) is 103 Å². The third kappa shape index (κ3) is 5.62. The predicted octanol–water partition coefficient (Wildman–Crippen LogP) is 6.31. The molecule has 3 atom stereocenters. The van der Waals surface area contributed by atoms with Crippen molar-refractivity contribution in [3.8, 4) is 5.75 Å². The van der Waals surface area contributed by atoms with Crippen LogP contribution in [0.25, 0.3) is 0 Å². The van der Waals surface area contributed by atoms with Gasteiger partial charge in [-0.25, -0.2) is 13.6 Å². The van der Waals surface area contributed by atoms with Gasteiger partial charge in [0.1, 0.15) is 30.0 Å². The molecule has 2 aliphatic heterocycles. The maximum atomic E-state index is 13.7. The van der Waals surface area contributed by atoms with E-state index in [0.717, 1.165) is 11.1 Å². The molecule has 2 aliphatic rings. The van der Waals surface area contributed by atoms with Crippen LogP contribution in [0.1, 0.15) is 17.2 Å². The summed E-state index contributed by atoms with van der Waals surface area (Å²) in [6.45, 7) is 0.442. The Hall–Kier alpha value is -4.76. The van der Waals surface area contributed by atoms with E-state index in [1.807, 2.05) is 54.6 Å². The molecule has 0 aliphatic carbocycles. The van der Waals surface area contributed by atoms with Crippen LogP contribution in [0.3, 0.4) is 0 Å². The van der Waals surface area contributed by atoms with E-state index < -0.39 is 36.0 Å². The molecule has 9 heteroatoms. The smallest absolute Gasteiger partial charge is 0.415 e. The van der Waals surface area contributed by atoms with Gasteiger partial charge in [0.2, 0.25) is 5.69 Å². The number of aliphatic hydroxyl groups is 1. The predicted molar refractivity (Wildman–Crippen MR) is 148 cm³/mol. The van der Waals surface area contributed by atoms with Crippen LogP contribution in [0, 0.1) is 11.6 Å². The number of benzene rings is 4. The summed E-state index contributed by atoms with van der Waals surface area (Å²) in [7, 11) is 0. The second-order valence-electron chi connectivity index (χ2n) is 9.84. The molecule has 0 bridgehead atoms. The number of carbonyl (C=O) groups excluding carboxylic acids is 1. The van der Waals surface area contributed by atoms with Gasteiger partial charge in [0.15, 0.2) is 25.4 Å². The minimum absolute atomic E-state index is 0.0379. The largest absolute Gasteiger partial charge is 0.489 e. The average molecular weight is 558 g/mol. The molecule has 0 spiro atoms. The summed E-state index contributed by atoms with van der Waals surface area (Å²) in [5.41, 5.74) is 2.84. The van der Waals surface area contributed by atoms with E-state index in [9.17, 15) is 18.7 Å². The van der Waals surface area contributed by atoms with Crippen molar-refractivity contribution >= 4 is 23.4 Å². The van der Waals surface area contributed by atoms with Crippen molar-refractivity contribution in [1.29, 1.82) is 0 Å². The first-order valence-corrected chi connectivity index (χ1v) is 13.2. The van der Waals surface area contributed by atoms with Crippen LogP contribution >= 0.6 is 0 Å². The van der Waals surface area contributed by atoms with Gasteiger partial charge in [-0.3, -0.25) is 4.90 Å². The zero-order valence-electron chi connectivity index (χ0n) is 21.9. The summed E-state index contributed by atoms with van der Waals surface area (Å²) < 4.78 is 46.7. The number of anilines is 1. The van der Waals surface area contributed by atoms with Crippen molar-refractivity contribution in [2.24, 2.45) is 0 Å². The van der Waals surface area contributed by atoms with Gasteiger partial charge in [0.05, 0.1) is 0 Å². The molecular weight excluding hydrogens is 530 g/mol. The normalized spacial score (nSPS) is 20.7. The van der Waals surface area contributed by atoms with Gasteiger partial charge in [0, 0.05) is 17.8 Å². The van der Waals surface area contributed by atoms with Crippen molar-refractivity contribution in [2.45, 2.75) is 24.9 Å².